The molecule has 27 heavy (non-hydrogen) atoms. The van der Waals surface area contributed by atoms with E-state index >= 15 is 0 Å². The average molecular weight is 375 g/mol. The zero-order valence-corrected chi connectivity index (χ0v) is 14.1. The van der Waals surface area contributed by atoms with Gasteiger partial charge in [0.05, 0.1) is 5.56 Å². The van der Waals surface area contributed by atoms with Gasteiger partial charge in [-0.3, -0.25) is 4.79 Å². The Balaban J connectivity index is 1.52. The lowest BCUT2D eigenvalue weighted by molar-refractivity contribution is -0.137. The molecule has 3 rings (SSSR count). The van der Waals surface area contributed by atoms with Crippen LogP contribution in [0.15, 0.2) is 61.2 Å². The molecule has 0 saturated carbocycles. The van der Waals surface area contributed by atoms with Crippen molar-refractivity contribution in [3.05, 3.63) is 72.3 Å². The Hall–Kier alpha value is -3.36. The van der Waals surface area contributed by atoms with Crippen molar-refractivity contribution in [2.75, 3.05) is 18.4 Å². The van der Waals surface area contributed by atoms with Gasteiger partial charge >= 0.3 is 6.18 Å². The number of carbonyl (C=O) groups excluding carboxylic acids is 1. The molecule has 0 fully saturated rings. The zero-order chi connectivity index (χ0) is 19.3. The van der Waals surface area contributed by atoms with Gasteiger partial charge < -0.3 is 15.2 Å². The number of rotatable bonds is 6. The number of anilines is 1. The first-order valence-corrected chi connectivity index (χ1v) is 8.08. The van der Waals surface area contributed by atoms with Crippen LogP contribution >= 0.6 is 0 Å². The summed E-state index contributed by atoms with van der Waals surface area (Å²) in [5.74, 6) is 0.686. The molecule has 0 unspecified atom stereocenters. The number of nitrogens with one attached hydrogen (secondary N) is 2. The van der Waals surface area contributed by atoms with Crippen LogP contribution in [-0.2, 0) is 6.18 Å². The normalized spacial score (nSPS) is 11.2. The van der Waals surface area contributed by atoms with Crippen molar-refractivity contribution in [2.24, 2.45) is 0 Å². The molecular weight excluding hydrogens is 359 g/mol. The van der Waals surface area contributed by atoms with Crippen LogP contribution in [0.4, 0.5) is 19.0 Å². The predicted octanol–water partition coefficient (Wildman–Crippen LogP) is 3.13. The second-order valence-electron chi connectivity index (χ2n) is 5.61. The molecule has 0 saturated heterocycles. The number of alkyl halides is 3. The van der Waals surface area contributed by atoms with Gasteiger partial charge in [-0.2, -0.15) is 13.2 Å². The number of nitrogens with zero attached hydrogens (tertiary/aromatic N) is 3. The average Bonchev–Trinajstić information content (AvgIpc) is 3.19. The number of carbonyl (C=O) groups is 1. The Kier molecular flexibility index (Phi) is 5.39. The predicted molar refractivity (Wildman–Crippen MR) is 93.6 cm³/mol. The van der Waals surface area contributed by atoms with Crippen LogP contribution in [0, 0.1) is 0 Å². The summed E-state index contributed by atoms with van der Waals surface area (Å²) in [4.78, 5) is 20.3. The first kappa shape index (κ1) is 18.4. The number of aromatic nitrogens is 3. The van der Waals surface area contributed by atoms with Gasteiger partial charge in [0, 0.05) is 37.1 Å². The Morgan fingerprint density at radius 3 is 2.56 bits per heavy atom. The summed E-state index contributed by atoms with van der Waals surface area (Å²) in [6, 6.07) is 9.80. The summed E-state index contributed by atoms with van der Waals surface area (Å²) >= 11 is 0. The van der Waals surface area contributed by atoms with Gasteiger partial charge in [-0.1, -0.05) is 6.07 Å². The minimum Gasteiger partial charge on any atom is -0.368 e. The monoisotopic (exact) mass is 375 g/mol. The van der Waals surface area contributed by atoms with Crippen molar-refractivity contribution in [3.8, 4) is 5.82 Å². The molecule has 9 heteroatoms. The molecule has 0 atom stereocenters. The van der Waals surface area contributed by atoms with E-state index in [2.05, 4.69) is 20.6 Å². The molecule has 6 nitrogen and oxygen atoms in total. The molecule has 0 spiro atoms. The molecule has 1 aromatic carbocycles. The number of benzene rings is 1. The SMILES string of the molecule is O=C(NCCNc1cc(-n2cccc2)ncn1)c1cccc(C(F)(F)F)c1. The maximum Gasteiger partial charge on any atom is 0.416 e. The fourth-order valence-electron chi connectivity index (χ4n) is 2.38. The second kappa shape index (κ2) is 7.90. The molecule has 2 heterocycles. The molecule has 0 aliphatic rings. The van der Waals surface area contributed by atoms with Crippen LogP contribution in [0.1, 0.15) is 15.9 Å². The van der Waals surface area contributed by atoms with E-state index in [9.17, 15) is 18.0 Å². The topological polar surface area (TPSA) is 71.8 Å². The van der Waals surface area contributed by atoms with Gasteiger partial charge in [-0.25, -0.2) is 9.97 Å². The van der Waals surface area contributed by atoms with Crippen LogP contribution in [0.25, 0.3) is 5.82 Å². The largest absolute Gasteiger partial charge is 0.416 e. The molecule has 0 aliphatic carbocycles. The van der Waals surface area contributed by atoms with Gasteiger partial charge in [-0.15, -0.1) is 0 Å². The van der Waals surface area contributed by atoms with Gasteiger partial charge in [0.25, 0.3) is 5.91 Å². The summed E-state index contributed by atoms with van der Waals surface area (Å²) < 4.78 is 39.9. The summed E-state index contributed by atoms with van der Waals surface area (Å²) in [5.41, 5.74) is -0.895. The van der Waals surface area contributed by atoms with E-state index in [0.29, 0.717) is 18.2 Å². The quantitative estimate of drug-likeness (QED) is 0.650. The third kappa shape index (κ3) is 4.84. The van der Waals surface area contributed by atoms with E-state index in [-0.39, 0.29) is 12.1 Å². The lowest BCUT2D eigenvalue weighted by atomic mass is 10.1. The molecule has 1 amide bonds. The van der Waals surface area contributed by atoms with Crippen LogP contribution in [0.5, 0.6) is 0 Å². The standard InChI is InChI=1S/C18H16F3N5O/c19-18(20,21)14-5-3-4-13(10-14)17(27)23-7-6-22-15-11-16(25-12-24-15)26-8-1-2-9-26/h1-5,8-12H,6-7H2,(H,23,27)(H,22,24,25). The number of halogens is 3. The highest BCUT2D eigenvalue weighted by Gasteiger charge is 2.30. The van der Waals surface area contributed by atoms with Gasteiger partial charge in [-0.05, 0) is 30.3 Å². The number of hydrogen-bond acceptors (Lipinski definition) is 4. The minimum absolute atomic E-state index is 0.0400. The molecule has 0 bridgehead atoms. The third-order valence-corrected chi connectivity index (χ3v) is 3.69. The summed E-state index contributed by atoms with van der Waals surface area (Å²) in [6.07, 6.45) is 0.629. The van der Waals surface area contributed by atoms with Crippen molar-refractivity contribution in [1.29, 1.82) is 0 Å². The first-order chi connectivity index (χ1) is 12.9. The molecule has 3 aromatic rings. The number of hydrogen-bond donors (Lipinski definition) is 2. The van der Waals surface area contributed by atoms with E-state index in [1.54, 1.807) is 6.07 Å². The molecule has 0 radical (unpaired) electrons. The van der Waals surface area contributed by atoms with Gasteiger partial charge in [0.1, 0.15) is 18.0 Å². The van der Waals surface area contributed by atoms with Crippen LogP contribution in [-0.4, -0.2) is 33.5 Å². The highest BCUT2D eigenvalue weighted by atomic mass is 19.4. The van der Waals surface area contributed by atoms with E-state index < -0.39 is 17.6 Å². The van der Waals surface area contributed by atoms with Crippen LogP contribution < -0.4 is 10.6 Å². The molecular formula is C18H16F3N5O. The summed E-state index contributed by atoms with van der Waals surface area (Å²) in [6.45, 7) is 0.574. The minimum atomic E-state index is -4.48. The van der Waals surface area contributed by atoms with E-state index in [1.807, 2.05) is 29.1 Å². The van der Waals surface area contributed by atoms with Crippen molar-refractivity contribution < 1.29 is 18.0 Å². The fourth-order valence-corrected chi connectivity index (χ4v) is 2.38. The first-order valence-electron chi connectivity index (χ1n) is 8.08. The van der Waals surface area contributed by atoms with Crippen molar-refractivity contribution in [1.82, 2.24) is 19.9 Å². The highest BCUT2D eigenvalue weighted by molar-refractivity contribution is 5.94. The fraction of sp³-hybridized carbons (Fsp3) is 0.167. The van der Waals surface area contributed by atoms with Gasteiger partial charge in [0.2, 0.25) is 0 Å². The van der Waals surface area contributed by atoms with E-state index in [0.717, 1.165) is 12.1 Å². The van der Waals surface area contributed by atoms with E-state index in [4.69, 9.17) is 0 Å². The van der Waals surface area contributed by atoms with Crippen molar-refractivity contribution in [2.45, 2.75) is 6.18 Å². The van der Waals surface area contributed by atoms with Crippen LogP contribution in [0.3, 0.4) is 0 Å². The van der Waals surface area contributed by atoms with Gasteiger partial charge in [0.15, 0.2) is 0 Å². The summed E-state index contributed by atoms with van der Waals surface area (Å²) in [7, 11) is 0. The molecule has 2 aromatic heterocycles. The highest BCUT2D eigenvalue weighted by Crippen LogP contribution is 2.29. The Morgan fingerprint density at radius 1 is 1.04 bits per heavy atom. The zero-order valence-electron chi connectivity index (χ0n) is 14.1. The van der Waals surface area contributed by atoms with Crippen molar-refractivity contribution in [3.63, 3.8) is 0 Å². The smallest absolute Gasteiger partial charge is 0.368 e. The third-order valence-electron chi connectivity index (χ3n) is 3.69. The second-order valence-corrected chi connectivity index (χ2v) is 5.61. The van der Waals surface area contributed by atoms with E-state index in [1.165, 1.54) is 18.5 Å². The van der Waals surface area contributed by atoms with Crippen molar-refractivity contribution >= 4 is 11.7 Å². The Labute approximate surface area is 153 Å². The maximum atomic E-state index is 12.7. The Morgan fingerprint density at radius 2 is 1.81 bits per heavy atom. The lowest BCUT2D eigenvalue weighted by Crippen LogP contribution is -2.29. The molecule has 0 aliphatic heterocycles. The summed E-state index contributed by atoms with van der Waals surface area (Å²) in [5, 5.41) is 5.60. The van der Waals surface area contributed by atoms with Crippen LogP contribution in [0.2, 0.25) is 0 Å². The Bertz CT molecular complexity index is 909. The lowest BCUT2D eigenvalue weighted by Gasteiger charge is -2.10. The number of amides is 1. The molecule has 2 N–H and O–H groups in total. The molecule has 140 valence electrons. The maximum absolute atomic E-state index is 12.7.